The van der Waals surface area contributed by atoms with Gasteiger partial charge in [0.25, 0.3) is 0 Å². The number of aliphatic hydroxyl groups excluding tert-OH is 1. The first-order valence-electron chi connectivity index (χ1n) is 12.7. The van der Waals surface area contributed by atoms with E-state index in [0.717, 1.165) is 78.0 Å². The first-order valence-corrected chi connectivity index (χ1v) is 12.7. The number of nitrogens with zero attached hydrogens (tertiary/aromatic N) is 2. The Labute approximate surface area is 187 Å². The Kier molecular flexibility index (Phi) is 23.2. The lowest BCUT2D eigenvalue weighted by Crippen LogP contribution is -2.48. The van der Waals surface area contributed by atoms with Crippen molar-refractivity contribution in [1.29, 1.82) is 0 Å². The van der Waals surface area contributed by atoms with Crippen LogP contribution in [0.1, 0.15) is 84.5 Å². The van der Waals surface area contributed by atoms with E-state index in [9.17, 15) is 0 Å². The molecule has 182 valence electrons. The molecule has 0 aromatic rings. The number of unbranched alkanes of at least 4 members (excludes halogenated alkanes) is 5. The van der Waals surface area contributed by atoms with Crippen LogP contribution < -0.4 is 22.3 Å². The largest absolute Gasteiger partial charge is 0.396 e. The highest BCUT2D eigenvalue weighted by molar-refractivity contribution is 4.70. The zero-order valence-electron chi connectivity index (χ0n) is 20.2. The maximum Gasteiger partial charge on any atom is 0.0431 e. The van der Waals surface area contributed by atoms with Crippen molar-refractivity contribution in [3.63, 3.8) is 0 Å². The molecule has 7 N–H and O–H groups in total. The summed E-state index contributed by atoms with van der Waals surface area (Å²) in [4.78, 5) is 0. The molecule has 0 aromatic heterocycles. The van der Waals surface area contributed by atoms with Crippen LogP contribution in [0.2, 0.25) is 0 Å². The van der Waals surface area contributed by atoms with E-state index < -0.39 is 0 Å². The fraction of sp³-hybridized carbons (Fsp3) is 1.00. The fourth-order valence-electron chi connectivity index (χ4n) is 3.61. The number of hydrogen-bond donors (Lipinski definition) is 5. The van der Waals surface area contributed by atoms with Crippen LogP contribution in [0.5, 0.6) is 0 Å². The predicted octanol–water partition coefficient (Wildman–Crippen LogP) is 2.46. The normalized spacial score (nSPS) is 12.0. The third-order valence-electron chi connectivity index (χ3n) is 5.47. The number of aliphatic hydroxyl groups is 1. The summed E-state index contributed by atoms with van der Waals surface area (Å²) < 4.78 is 0. The second kappa shape index (κ2) is 23.4. The van der Waals surface area contributed by atoms with Gasteiger partial charge in [0.15, 0.2) is 0 Å². The summed E-state index contributed by atoms with van der Waals surface area (Å²) in [6.45, 7) is 12.5. The molecule has 0 aliphatic carbocycles. The molecule has 0 aromatic carbocycles. The third kappa shape index (κ3) is 18.5. The highest BCUT2D eigenvalue weighted by Gasteiger charge is 2.17. The van der Waals surface area contributed by atoms with Gasteiger partial charge >= 0.3 is 0 Å². The van der Waals surface area contributed by atoms with Crippen molar-refractivity contribution in [2.75, 3.05) is 59.0 Å². The van der Waals surface area contributed by atoms with Crippen LogP contribution in [-0.4, -0.2) is 74.1 Å². The average molecular weight is 431 g/mol. The predicted molar refractivity (Wildman–Crippen MR) is 130 cm³/mol. The van der Waals surface area contributed by atoms with Crippen molar-refractivity contribution in [2.24, 2.45) is 17.4 Å². The number of rotatable bonds is 24. The maximum atomic E-state index is 9.04. The standard InChI is InChI=1S/C23H54N6O/c1-3-5-18-28(26-16-11-14-24)21-23(13-9-7-8-10-20-30)22-29(19-6-4-2)27-17-12-15-25/h23,26-27,30H,3-22,24-25H2,1-2H3. The highest BCUT2D eigenvalue weighted by atomic mass is 16.2. The Morgan fingerprint density at radius 3 is 1.63 bits per heavy atom. The average Bonchev–Trinajstić information content (AvgIpc) is 2.75. The fourth-order valence-corrected chi connectivity index (χ4v) is 3.61. The number of hydrazine groups is 2. The van der Waals surface area contributed by atoms with Gasteiger partial charge in [-0.15, -0.1) is 0 Å². The van der Waals surface area contributed by atoms with Gasteiger partial charge in [-0.25, -0.2) is 10.0 Å². The maximum absolute atomic E-state index is 9.04. The molecule has 0 amide bonds. The van der Waals surface area contributed by atoms with Crippen molar-refractivity contribution in [1.82, 2.24) is 20.9 Å². The molecule has 0 aliphatic heterocycles. The molecular weight excluding hydrogens is 376 g/mol. The molecule has 0 atom stereocenters. The molecule has 0 rings (SSSR count). The minimum absolute atomic E-state index is 0.315. The molecule has 0 fully saturated rings. The Balaban J connectivity index is 4.87. The van der Waals surface area contributed by atoms with Crippen LogP contribution in [0.25, 0.3) is 0 Å². The molecule has 7 nitrogen and oxygen atoms in total. The van der Waals surface area contributed by atoms with Crippen LogP contribution in [0.15, 0.2) is 0 Å². The molecule has 0 bridgehead atoms. The minimum Gasteiger partial charge on any atom is -0.396 e. The van der Waals surface area contributed by atoms with E-state index in [-0.39, 0.29) is 0 Å². The van der Waals surface area contributed by atoms with E-state index in [1.54, 1.807) is 0 Å². The topological polar surface area (TPSA) is 103 Å². The molecule has 30 heavy (non-hydrogen) atoms. The lowest BCUT2D eigenvalue weighted by molar-refractivity contribution is 0.0999. The summed E-state index contributed by atoms with van der Waals surface area (Å²) >= 11 is 0. The van der Waals surface area contributed by atoms with Crippen molar-refractivity contribution < 1.29 is 5.11 Å². The summed E-state index contributed by atoms with van der Waals surface area (Å²) in [6.07, 6.45) is 12.6. The molecule has 0 saturated heterocycles. The molecule has 7 heteroatoms. The summed E-state index contributed by atoms with van der Waals surface area (Å²) in [6, 6.07) is 0. The van der Waals surface area contributed by atoms with Crippen molar-refractivity contribution >= 4 is 0 Å². The van der Waals surface area contributed by atoms with E-state index in [2.05, 4.69) is 34.7 Å². The third-order valence-corrected chi connectivity index (χ3v) is 5.47. The van der Waals surface area contributed by atoms with Gasteiger partial charge in [0, 0.05) is 45.9 Å². The molecular formula is C23H54N6O. The Bertz CT molecular complexity index is 311. The molecule has 0 heterocycles. The number of hydrogen-bond acceptors (Lipinski definition) is 7. The van der Waals surface area contributed by atoms with Gasteiger partial charge in [0.05, 0.1) is 0 Å². The zero-order valence-corrected chi connectivity index (χ0v) is 20.2. The van der Waals surface area contributed by atoms with E-state index in [4.69, 9.17) is 16.6 Å². The van der Waals surface area contributed by atoms with Crippen LogP contribution >= 0.6 is 0 Å². The van der Waals surface area contributed by atoms with Crippen molar-refractivity contribution in [2.45, 2.75) is 84.5 Å². The Morgan fingerprint density at radius 2 is 1.20 bits per heavy atom. The van der Waals surface area contributed by atoms with E-state index in [0.29, 0.717) is 12.5 Å². The van der Waals surface area contributed by atoms with Gasteiger partial charge in [-0.2, -0.15) is 0 Å². The summed E-state index contributed by atoms with van der Waals surface area (Å²) in [5.41, 5.74) is 18.6. The molecule has 0 saturated carbocycles. The van der Waals surface area contributed by atoms with Crippen molar-refractivity contribution in [3.8, 4) is 0 Å². The van der Waals surface area contributed by atoms with Crippen LogP contribution in [0.4, 0.5) is 0 Å². The van der Waals surface area contributed by atoms with Gasteiger partial charge < -0.3 is 16.6 Å². The van der Waals surface area contributed by atoms with Gasteiger partial charge in [-0.05, 0) is 57.5 Å². The Morgan fingerprint density at radius 1 is 0.700 bits per heavy atom. The van der Waals surface area contributed by atoms with Crippen LogP contribution in [-0.2, 0) is 0 Å². The molecule has 0 unspecified atom stereocenters. The smallest absolute Gasteiger partial charge is 0.0431 e. The van der Waals surface area contributed by atoms with E-state index in [1.807, 2.05) is 0 Å². The molecule has 0 radical (unpaired) electrons. The lowest BCUT2D eigenvalue weighted by atomic mass is 9.99. The molecule has 0 aliphatic rings. The van der Waals surface area contributed by atoms with Gasteiger partial charge in [0.2, 0.25) is 0 Å². The summed E-state index contributed by atoms with van der Waals surface area (Å²) in [7, 11) is 0. The second-order valence-electron chi connectivity index (χ2n) is 8.49. The highest BCUT2D eigenvalue weighted by Crippen LogP contribution is 2.15. The Hall–Kier alpha value is -0.280. The summed E-state index contributed by atoms with van der Waals surface area (Å²) in [5, 5.41) is 13.9. The SMILES string of the molecule is CCCCN(CC(CCCCCCO)CN(CCCC)NCCCN)NCCCN. The first-order chi connectivity index (χ1) is 14.7. The van der Waals surface area contributed by atoms with E-state index in [1.165, 1.54) is 44.9 Å². The minimum atomic E-state index is 0.315. The van der Waals surface area contributed by atoms with E-state index >= 15 is 0 Å². The van der Waals surface area contributed by atoms with Crippen LogP contribution in [0, 0.1) is 5.92 Å². The van der Waals surface area contributed by atoms with Gasteiger partial charge in [-0.1, -0.05) is 46.0 Å². The number of nitrogens with one attached hydrogen (secondary N) is 2. The molecule has 0 spiro atoms. The summed E-state index contributed by atoms with van der Waals surface area (Å²) in [5.74, 6) is 0.614. The number of nitrogens with two attached hydrogens (primary N) is 2. The quantitative estimate of drug-likeness (QED) is 0.118. The first kappa shape index (κ1) is 29.7. The van der Waals surface area contributed by atoms with Gasteiger partial charge in [-0.3, -0.25) is 10.9 Å². The van der Waals surface area contributed by atoms with Gasteiger partial charge in [0.1, 0.15) is 0 Å². The zero-order chi connectivity index (χ0) is 22.3. The van der Waals surface area contributed by atoms with Crippen LogP contribution in [0.3, 0.4) is 0 Å². The second-order valence-corrected chi connectivity index (χ2v) is 8.49. The van der Waals surface area contributed by atoms with Crippen molar-refractivity contribution in [3.05, 3.63) is 0 Å². The monoisotopic (exact) mass is 430 g/mol. The lowest BCUT2D eigenvalue weighted by Gasteiger charge is -2.32.